The molecule has 0 heterocycles. The van der Waals surface area contributed by atoms with Gasteiger partial charge in [0.1, 0.15) is 17.7 Å². The first-order chi connectivity index (χ1) is 13.6. The SMILES string of the molecule is CCCCCNC(=O)C(c1ccccc1)N(C)C(=O)C(C)NC(=O)OC(C)(C)C. The highest BCUT2D eigenvalue weighted by Gasteiger charge is 2.31. The molecule has 1 aromatic rings. The van der Waals surface area contributed by atoms with E-state index in [4.69, 9.17) is 4.74 Å². The van der Waals surface area contributed by atoms with Crippen molar-refractivity contribution in [3.05, 3.63) is 35.9 Å². The van der Waals surface area contributed by atoms with E-state index < -0.39 is 23.8 Å². The molecule has 0 aromatic heterocycles. The molecule has 0 aliphatic rings. The number of unbranched alkanes of at least 4 members (excludes halogenated alkanes) is 2. The van der Waals surface area contributed by atoms with E-state index in [0.29, 0.717) is 12.1 Å². The number of benzene rings is 1. The van der Waals surface area contributed by atoms with Gasteiger partial charge in [0.25, 0.3) is 0 Å². The molecule has 2 atom stereocenters. The summed E-state index contributed by atoms with van der Waals surface area (Å²) in [5.41, 5.74) is 0.0461. The van der Waals surface area contributed by atoms with Gasteiger partial charge in [-0.15, -0.1) is 0 Å². The maximum Gasteiger partial charge on any atom is 0.408 e. The second-order valence-electron chi connectivity index (χ2n) is 8.13. The Hall–Kier alpha value is -2.57. The molecule has 0 bridgehead atoms. The van der Waals surface area contributed by atoms with E-state index in [-0.39, 0.29) is 11.8 Å². The lowest BCUT2D eigenvalue weighted by Gasteiger charge is -2.30. The van der Waals surface area contributed by atoms with E-state index in [9.17, 15) is 14.4 Å². The van der Waals surface area contributed by atoms with E-state index in [1.807, 2.05) is 30.3 Å². The second-order valence-corrected chi connectivity index (χ2v) is 8.13. The van der Waals surface area contributed by atoms with Crippen LogP contribution in [0.25, 0.3) is 0 Å². The fraction of sp³-hybridized carbons (Fsp3) is 0.591. The number of alkyl carbamates (subject to hydrolysis) is 1. The summed E-state index contributed by atoms with van der Waals surface area (Å²) < 4.78 is 5.21. The molecule has 0 fully saturated rings. The summed E-state index contributed by atoms with van der Waals surface area (Å²) in [5, 5.41) is 5.46. The third kappa shape index (κ3) is 8.54. The van der Waals surface area contributed by atoms with Gasteiger partial charge in [0.2, 0.25) is 11.8 Å². The number of nitrogens with one attached hydrogen (secondary N) is 2. The number of carbonyl (C=O) groups is 3. The van der Waals surface area contributed by atoms with Crippen LogP contribution in [0, 0.1) is 0 Å². The fourth-order valence-corrected chi connectivity index (χ4v) is 2.85. The Morgan fingerprint density at radius 1 is 1.10 bits per heavy atom. The minimum absolute atomic E-state index is 0.243. The lowest BCUT2D eigenvalue weighted by molar-refractivity contribution is -0.140. The lowest BCUT2D eigenvalue weighted by atomic mass is 10.0. The number of amides is 3. The zero-order valence-electron chi connectivity index (χ0n) is 18.5. The maximum absolute atomic E-state index is 12.9. The van der Waals surface area contributed by atoms with Crippen LogP contribution in [-0.4, -0.2) is 48.0 Å². The molecule has 1 aromatic carbocycles. The molecule has 0 saturated heterocycles. The van der Waals surface area contributed by atoms with Crippen molar-refractivity contribution < 1.29 is 19.1 Å². The second kappa shape index (κ2) is 11.4. The summed E-state index contributed by atoms with van der Waals surface area (Å²) in [6.07, 6.45) is 2.30. The summed E-state index contributed by atoms with van der Waals surface area (Å²) in [6.45, 7) is 9.48. The highest BCUT2D eigenvalue weighted by molar-refractivity contribution is 5.91. The Bertz CT molecular complexity index is 670. The van der Waals surface area contributed by atoms with Gasteiger partial charge in [-0.05, 0) is 39.7 Å². The van der Waals surface area contributed by atoms with Crippen molar-refractivity contribution in [2.75, 3.05) is 13.6 Å². The van der Waals surface area contributed by atoms with Gasteiger partial charge < -0.3 is 20.3 Å². The van der Waals surface area contributed by atoms with Gasteiger partial charge in [-0.1, -0.05) is 50.1 Å². The van der Waals surface area contributed by atoms with Crippen LogP contribution >= 0.6 is 0 Å². The predicted molar refractivity (Wildman–Crippen MR) is 113 cm³/mol. The molecular weight excluding hydrogens is 370 g/mol. The van der Waals surface area contributed by atoms with E-state index in [1.165, 1.54) is 4.90 Å². The predicted octanol–water partition coefficient (Wildman–Crippen LogP) is 3.41. The van der Waals surface area contributed by atoms with Crippen molar-refractivity contribution in [2.24, 2.45) is 0 Å². The van der Waals surface area contributed by atoms with Crippen LogP contribution in [0.4, 0.5) is 4.79 Å². The third-order valence-electron chi connectivity index (χ3n) is 4.28. The number of hydrogen-bond acceptors (Lipinski definition) is 4. The summed E-state index contributed by atoms with van der Waals surface area (Å²) in [4.78, 5) is 39.1. The highest BCUT2D eigenvalue weighted by atomic mass is 16.6. The number of ether oxygens (including phenoxy) is 1. The smallest absolute Gasteiger partial charge is 0.408 e. The molecule has 2 N–H and O–H groups in total. The molecule has 162 valence electrons. The Balaban J connectivity index is 2.89. The average Bonchev–Trinajstić information content (AvgIpc) is 2.64. The molecule has 0 radical (unpaired) electrons. The molecule has 0 aliphatic heterocycles. The number of hydrogen-bond donors (Lipinski definition) is 2. The first-order valence-electron chi connectivity index (χ1n) is 10.2. The van der Waals surface area contributed by atoms with Crippen LogP contribution in [-0.2, 0) is 14.3 Å². The van der Waals surface area contributed by atoms with E-state index in [2.05, 4.69) is 17.6 Å². The molecule has 2 unspecified atom stereocenters. The van der Waals surface area contributed by atoms with Crippen LogP contribution in [0.2, 0.25) is 0 Å². The topological polar surface area (TPSA) is 87.7 Å². The number of nitrogens with zero attached hydrogens (tertiary/aromatic N) is 1. The van der Waals surface area contributed by atoms with Gasteiger partial charge in [0.15, 0.2) is 0 Å². The minimum Gasteiger partial charge on any atom is -0.444 e. The molecule has 29 heavy (non-hydrogen) atoms. The van der Waals surface area contributed by atoms with Gasteiger partial charge in [-0.3, -0.25) is 9.59 Å². The molecule has 7 heteroatoms. The summed E-state index contributed by atoms with van der Waals surface area (Å²) in [7, 11) is 1.57. The average molecular weight is 406 g/mol. The Morgan fingerprint density at radius 2 is 1.72 bits per heavy atom. The summed E-state index contributed by atoms with van der Waals surface area (Å²) >= 11 is 0. The number of carbonyl (C=O) groups excluding carboxylic acids is 3. The number of likely N-dealkylation sites (N-methyl/N-ethyl adjacent to an activating group) is 1. The van der Waals surface area contributed by atoms with Gasteiger partial charge in [-0.2, -0.15) is 0 Å². The standard InChI is InChI=1S/C22H35N3O4/c1-7-8-12-15-23-19(26)18(17-13-10-9-11-14-17)25(6)20(27)16(2)24-21(28)29-22(3,4)5/h9-11,13-14,16,18H,7-8,12,15H2,1-6H3,(H,23,26)(H,24,28). The first-order valence-corrected chi connectivity index (χ1v) is 10.2. The normalized spacial score (nSPS) is 13.2. The van der Waals surface area contributed by atoms with Gasteiger partial charge >= 0.3 is 6.09 Å². The zero-order valence-corrected chi connectivity index (χ0v) is 18.5. The quantitative estimate of drug-likeness (QED) is 0.616. The largest absolute Gasteiger partial charge is 0.444 e. The van der Waals surface area contributed by atoms with Crippen LogP contribution in [0.5, 0.6) is 0 Å². The fourth-order valence-electron chi connectivity index (χ4n) is 2.85. The minimum atomic E-state index is -0.839. The van der Waals surface area contributed by atoms with Crippen molar-refractivity contribution in [3.63, 3.8) is 0 Å². The molecule has 7 nitrogen and oxygen atoms in total. The maximum atomic E-state index is 12.9. The Labute approximate surface area is 174 Å². The summed E-state index contributed by atoms with van der Waals surface area (Å²) in [5.74, 6) is -0.624. The van der Waals surface area contributed by atoms with E-state index >= 15 is 0 Å². The Morgan fingerprint density at radius 3 is 2.28 bits per heavy atom. The van der Waals surface area contributed by atoms with Crippen LogP contribution in [0.15, 0.2) is 30.3 Å². The lowest BCUT2D eigenvalue weighted by Crippen LogP contribution is -2.50. The monoisotopic (exact) mass is 405 g/mol. The Kier molecular flexibility index (Phi) is 9.65. The summed E-state index contributed by atoms with van der Waals surface area (Å²) in [6, 6.07) is 7.51. The van der Waals surface area contributed by atoms with Crippen molar-refractivity contribution >= 4 is 17.9 Å². The van der Waals surface area contributed by atoms with E-state index in [1.54, 1.807) is 34.7 Å². The zero-order chi connectivity index (χ0) is 22.0. The van der Waals surface area contributed by atoms with Crippen molar-refractivity contribution in [2.45, 2.75) is 71.6 Å². The van der Waals surface area contributed by atoms with Crippen LogP contribution < -0.4 is 10.6 Å². The van der Waals surface area contributed by atoms with Gasteiger partial charge in [-0.25, -0.2) is 4.79 Å². The molecule has 0 spiro atoms. The van der Waals surface area contributed by atoms with Crippen LogP contribution in [0.3, 0.4) is 0 Å². The van der Waals surface area contributed by atoms with Gasteiger partial charge in [0.05, 0.1) is 0 Å². The molecule has 0 saturated carbocycles. The highest BCUT2D eigenvalue weighted by Crippen LogP contribution is 2.20. The van der Waals surface area contributed by atoms with Crippen molar-refractivity contribution in [1.82, 2.24) is 15.5 Å². The molecule has 3 amide bonds. The van der Waals surface area contributed by atoms with Crippen molar-refractivity contribution in [3.8, 4) is 0 Å². The first kappa shape index (κ1) is 24.5. The molecular formula is C22H35N3O4. The van der Waals surface area contributed by atoms with Crippen LogP contribution in [0.1, 0.15) is 65.5 Å². The van der Waals surface area contributed by atoms with Gasteiger partial charge in [0, 0.05) is 13.6 Å². The molecule has 0 aliphatic carbocycles. The molecule has 1 rings (SSSR count). The third-order valence-corrected chi connectivity index (χ3v) is 4.28. The van der Waals surface area contributed by atoms with E-state index in [0.717, 1.165) is 19.3 Å². The van der Waals surface area contributed by atoms with Crippen molar-refractivity contribution in [1.29, 1.82) is 0 Å². The number of rotatable bonds is 9.